The van der Waals surface area contributed by atoms with Crippen LogP contribution in [0.1, 0.15) is 28.8 Å². The lowest BCUT2D eigenvalue weighted by Crippen LogP contribution is -2.40. The number of furan rings is 1. The molecule has 1 fully saturated rings. The number of benzene rings is 1. The number of amides is 3. The van der Waals surface area contributed by atoms with Gasteiger partial charge in [-0.1, -0.05) is 6.07 Å². The molecule has 1 atom stereocenters. The molecule has 2 aromatic rings. The highest BCUT2D eigenvalue weighted by molar-refractivity contribution is 6.07. The Morgan fingerprint density at radius 2 is 1.82 bits per heavy atom. The predicted molar refractivity (Wildman–Crippen MR) is 96.0 cm³/mol. The molecule has 1 aliphatic rings. The van der Waals surface area contributed by atoms with Crippen LogP contribution in [0.25, 0.3) is 0 Å². The zero-order chi connectivity index (χ0) is 20.5. The van der Waals surface area contributed by atoms with Crippen LogP contribution in [0.3, 0.4) is 0 Å². The molecule has 0 unspecified atom stereocenters. The third-order valence-electron chi connectivity index (χ3n) is 4.60. The van der Waals surface area contributed by atoms with Crippen molar-refractivity contribution < 1.29 is 33.0 Å². The van der Waals surface area contributed by atoms with Crippen molar-refractivity contribution in [3.05, 3.63) is 47.4 Å². The van der Waals surface area contributed by atoms with E-state index in [1.807, 2.05) is 0 Å². The maximum absolute atomic E-state index is 13.0. The van der Waals surface area contributed by atoms with Gasteiger partial charge >= 0.3 is 12.0 Å². The van der Waals surface area contributed by atoms with Crippen molar-refractivity contribution >= 4 is 17.9 Å². The second-order valence-electron chi connectivity index (χ2n) is 6.27. The summed E-state index contributed by atoms with van der Waals surface area (Å²) in [6.07, 6.45) is 0. The van der Waals surface area contributed by atoms with Crippen molar-refractivity contribution in [1.82, 2.24) is 10.2 Å². The number of hydrogen-bond donors (Lipinski definition) is 1. The highest BCUT2D eigenvalue weighted by atomic mass is 16.5. The lowest BCUT2D eigenvalue weighted by molar-refractivity contribution is -0.131. The molecule has 3 amide bonds. The number of carbonyl (C=O) groups excluding carboxylic acids is 3. The van der Waals surface area contributed by atoms with E-state index in [9.17, 15) is 14.4 Å². The summed E-state index contributed by atoms with van der Waals surface area (Å²) in [4.78, 5) is 38.0. The monoisotopic (exact) mass is 388 g/mol. The number of imide groups is 1. The summed E-state index contributed by atoms with van der Waals surface area (Å²) in [5.41, 5.74) is -0.741. The third-order valence-corrected chi connectivity index (χ3v) is 4.60. The van der Waals surface area contributed by atoms with Gasteiger partial charge in [-0.15, -0.1) is 0 Å². The first-order chi connectivity index (χ1) is 13.3. The maximum Gasteiger partial charge on any atom is 0.373 e. The van der Waals surface area contributed by atoms with E-state index in [1.165, 1.54) is 33.5 Å². The molecule has 3 rings (SSSR count). The Labute approximate surface area is 161 Å². The van der Waals surface area contributed by atoms with Crippen molar-refractivity contribution in [3.8, 4) is 11.5 Å². The van der Waals surface area contributed by atoms with Crippen LogP contribution in [-0.4, -0.2) is 44.1 Å². The van der Waals surface area contributed by atoms with E-state index < -0.39 is 23.4 Å². The number of ether oxygens (including phenoxy) is 3. The molecule has 0 radical (unpaired) electrons. The molecule has 2 heterocycles. The molecule has 9 nitrogen and oxygen atoms in total. The van der Waals surface area contributed by atoms with E-state index in [0.29, 0.717) is 17.1 Å². The summed E-state index contributed by atoms with van der Waals surface area (Å²) in [6, 6.07) is 7.36. The van der Waals surface area contributed by atoms with Crippen LogP contribution in [-0.2, 0) is 21.6 Å². The Bertz CT molecular complexity index is 936. The number of urea groups is 1. The van der Waals surface area contributed by atoms with Crippen LogP contribution in [0.15, 0.2) is 34.7 Å². The van der Waals surface area contributed by atoms with Gasteiger partial charge in [-0.05, 0) is 36.8 Å². The van der Waals surface area contributed by atoms with Crippen molar-refractivity contribution in [2.24, 2.45) is 0 Å². The Balaban J connectivity index is 1.86. The maximum atomic E-state index is 13.0. The molecule has 1 aromatic carbocycles. The standard InChI is InChI=1S/C19H20N2O7/c1-19(11-5-7-13(25-2)15(9-11)26-3)17(23)21(18(24)20-19)10-12-6-8-14(28-12)16(22)27-4/h5-9H,10H2,1-4H3,(H,20,24)/t19-/m0/s1. The van der Waals surface area contributed by atoms with Gasteiger partial charge < -0.3 is 23.9 Å². The van der Waals surface area contributed by atoms with Gasteiger partial charge in [-0.2, -0.15) is 0 Å². The Morgan fingerprint density at radius 1 is 1.11 bits per heavy atom. The quantitative estimate of drug-likeness (QED) is 0.596. The van der Waals surface area contributed by atoms with Crippen LogP contribution in [0.2, 0.25) is 0 Å². The number of methoxy groups -OCH3 is 3. The zero-order valence-electron chi connectivity index (χ0n) is 15.9. The smallest absolute Gasteiger partial charge is 0.373 e. The Hall–Kier alpha value is -3.49. The number of hydrogen-bond acceptors (Lipinski definition) is 7. The van der Waals surface area contributed by atoms with Crippen molar-refractivity contribution in [3.63, 3.8) is 0 Å². The van der Waals surface area contributed by atoms with Crippen LogP contribution in [0.5, 0.6) is 11.5 Å². The molecule has 1 N–H and O–H groups in total. The van der Waals surface area contributed by atoms with Gasteiger partial charge in [-0.3, -0.25) is 9.69 Å². The molecular formula is C19H20N2O7. The fraction of sp³-hybridized carbons (Fsp3) is 0.316. The first-order valence-electron chi connectivity index (χ1n) is 8.37. The average Bonchev–Trinajstić information content (AvgIpc) is 3.26. The summed E-state index contributed by atoms with van der Waals surface area (Å²) in [6.45, 7) is 1.49. The summed E-state index contributed by atoms with van der Waals surface area (Å²) < 4.78 is 20.4. The molecule has 1 aliphatic heterocycles. The van der Waals surface area contributed by atoms with E-state index in [1.54, 1.807) is 25.1 Å². The first kappa shape index (κ1) is 19.3. The minimum Gasteiger partial charge on any atom is -0.493 e. The summed E-state index contributed by atoms with van der Waals surface area (Å²) in [5, 5.41) is 2.70. The SMILES string of the molecule is COC(=O)c1ccc(CN2C(=O)N[C@@](C)(c3ccc(OC)c(OC)c3)C2=O)o1. The molecule has 0 saturated carbocycles. The molecular weight excluding hydrogens is 368 g/mol. The van der Waals surface area contributed by atoms with Crippen molar-refractivity contribution in [2.45, 2.75) is 19.0 Å². The fourth-order valence-corrected chi connectivity index (χ4v) is 3.01. The van der Waals surface area contributed by atoms with E-state index in [2.05, 4.69) is 10.1 Å². The first-order valence-corrected chi connectivity index (χ1v) is 8.37. The zero-order valence-corrected chi connectivity index (χ0v) is 15.9. The summed E-state index contributed by atoms with van der Waals surface area (Å²) in [7, 11) is 4.23. The highest BCUT2D eigenvalue weighted by Gasteiger charge is 2.49. The number of nitrogens with one attached hydrogen (secondary N) is 1. The number of rotatable bonds is 6. The lowest BCUT2D eigenvalue weighted by atomic mass is 9.91. The van der Waals surface area contributed by atoms with Crippen LogP contribution in [0, 0.1) is 0 Å². The van der Waals surface area contributed by atoms with E-state index >= 15 is 0 Å². The van der Waals surface area contributed by atoms with Crippen molar-refractivity contribution in [1.29, 1.82) is 0 Å². The third kappa shape index (κ3) is 3.15. The second kappa shape index (κ2) is 7.26. The highest BCUT2D eigenvalue weighted by Crippen LogP contribution is 2.35. The molecule has 9 heteroatoms. The van der Waals surface area contributed by atoms with Crippen LogP contribution in [0.4, 0.5) is 4.79 Å². The minimum absolute atomic E-state index is 0.00722. The molecule has 0 spiro atoms. The summed E-state index contributed by atoms with van der Waals surface area (Å²) >= 11 is 0. The molecule has 148 valence electrons. The van der Waals surface area contributed by atoms with Gasteiger partial charge in [0.05, 0.1) is 27.9 Å². The topological polar surface area (TPSA) is 107 Å². The number of esters is 1. The van der Waals surface area contributed by atoms with Gasteiger partial charge in [0, 0.05) is 0 Å². The van der Waals surface area contributed by atoms with Gasteiger partial charge in [-0.25, -0.2) is 9.59 Å². The number of carbonyl (C=O) groups is 3. The Morgan fingerprint density at radius 3 is 2.46 bits per heavy atom. The average molecular weight is 388 g/mol. The largest absolute Gasteiger partial charge is 0.493 e. The van der Waals surface area contributed by atoms with Gasteiger partial charge in [0.2, 0.25) is 5.76 Å². The van der Waals surface area contributed by atoms with Gasteiger partial charge in [0.15, 0.2) is 11.5 Å². The molecule has 28 heavy (non-hydrogen) atoms. The predicted octanol–water partition coefficient (Wildman–Crippen LogP) is 2.05. The van der Waals surface area contributed by atoms with E-state index in [0.717, 1.165) is 4.90 Å². The number of nitrogens with zero attached hydrogens (tertiary/aromatic N) is 1. The van der Waals surface area contributed by atoms with Gasteiger partial charge in [0.1, 0.15) is 11.3 Å². The second-order valence-corrected chi connectivity index (χ2v) is 6.27. The summed E-state index contributed by atoms with van der Waals surface area (Å²) in [5.74, 6) is 0.122. The minimum atomic E-state index is -1.28. The van der Waals surface area contributed by atoms with Crippen LogP contribution >= 0.6 is 0 Å². The molecule has 0 aliphatic carbocycles. The normalized spacial score (nSPS) is 18.8. The fourth-order valence-electron chi connectivity index (χ4n) is 3.01. The molecule has 1 saturated heterocycles. The van der Waals surface area contributed by atoms with E-state index in [-0.39, 0.29) is 18.1 Å². The molecule has 1 aromatic heterocycles. The van der Waals surface area contributed by atoms with Crippen LogP contribution < -0.4 is 14.8 Å². The van der Waals surface area contributed by atoms with Gasteiger partial charge in [0.25, 0.3) is 5.91 Å². The molecule has 0 bridgehead atoms. The Kier molecular flexibility index (Phi) is 5.00. The van der Waals surface area contributed by atoms with Crippen molar-refractivity contribution in [2.75, 3.05) is 21.3 Å². The van der Waals surface area contributed by atoms with E-state index in [4.69, 9.17) is 13.9 Å². The lowest BCUT2D eigenvalue weighted by Gasteiger charge is -2.23.